The van der Waals surface area contributed by atoms with E-state index in [1.165, 1.54) is 7.11 Å². The summed E-state index contributed by atoms with van der Waals surface area (Å²) in [4.78, 5) is 26.1. The molecule has 0 saturated heterocycles. The summed E-state index contributed by atoms with van der Waals surface area (Å²) in [5, 5.41) is 3.26. The molecule has 2 aromatic rings. The van der Waals surface area contributed by atoms with E-state index in [1.54, 1.807) is 25.3 Å². The van der Waals surface area contributed by atoms with Gasteiger partial charge in [0.2, 0.25) is 5.91 Å². The van der Waals surface area contributed by atoms with E-state index in [0.29, 0.717) is 22.3 Å². The number of carbonyl (C=O) groups excluding carboxylic acids is 2. The summed E-state index contributed by atoms with van der Waals surface area (Å²) in [6, 6.07) is 5.19. The summed E-state index contributed by atoms with van der Waals surface area (Å²) in [5.41, 5.74) is 1.16. The summed E-state index contributed by atoms with van der Waals surface area (Å²) in [6.07, 6.45) is 0. The first-order chi connectivity index (χ1) is 9.60. The Hall–Kier alpha value is -2.21. The Morgan fingerprint density at radius 2 is 2.10 bits per heavy atom. The SMILES string of the molecule is COC(=O)c1[nH]c2cc(OC)ccc2c1NC(=O)CCl. The van der Waals surface area contributed by atoms with Gasteiger partial charge < -0.3 is 19.8 Å². The van der Waals surface area contributed by atoms with E-state index in [4.69, 9.17) is 21.1 Å². The number of hydrogen-bond acceptors (Lipinski definition) is 4. The van der Waals surface area contributed by atoms with E-state index in [1.807, 2.05) is 0 Å². The van der Waals surface area contributed by atoms with Crippen molar-refractivity contribution in [3.8, 4) is 5.75 Å². The molecule has 1 amide bonds. The Kier molecular flexibility index (Phi) is 4.14. The third kappa shape index (κ3) is 2.55. The van der Waals surface area contributed by atoms with E-state index in [0.717, 1.165) is 0 Å². The number of nitrogens with one attached hydrogen (secondary N) is 2. The van der Waals surface area contributed by atoms with Crippen molar-refractivity contribution in [2.45, 2.75) is 0 Å². The van der Waals surface area contributed by atoms with Crippen molar-refractivity contribution in [3.05, 3.63) is 23.9 Å². The van der Waals surface area contributed by atoms with Gasteiger partial charge in [0, 0.05) is 11.5 Å². The lowest BCUT2D eigenvalue weighted by Gasteiger charge is -2.04. The molecule has 1 heterocycles. The van der Waals surface area contributed by atoms with Crippen molar-refractivity contribution in [3.63, 3.8) is 0 Å². The van der Waals surface area contributed by atoms with Gasteiger partial charge in [-0.3, -0.25) is 4.79 Å². The molecule has 0 aliphatic carbocycles. The number of methoxy groups -OCH3 is 2. The number of H-pyrrole nitrogens is 1. The first-order valence-corrected chi connectivity index (χ1v) is 6.28. The number of ether oxygens (including phenoxy) is 2. The van der Waals surface area contributed by atoms with Gasteiger partial charge in [0.15, 0.2) is 0 Å². The van der Waals surface area contributed by atoms with Crippen LogP contribution in [0.1, 0.15) is 10.5 Å². The lowest BCUT2D eigenvalue weighted by Crippen LogP contribution is -2.15. The number of hydrogen-bond donors (Lipinski definition) is 2. The largest absolute Gasteiger partial charge is 0.497 e. The molecule has 2 N–H and O–H groups in total. The van der Waals surface area contributed by atoms with Gasteiger partial charge >= 0.3 is 5.97 Å². The van der Waals surface area contributed by atoms with Crippen LogP contribution in [0.2, 0.25) is 0 Å². The zero-order chi connectivity index (χ0) is 14.7. The van der Waals surface area contributed by atoms with Crippen LogP contribution < -0.4 is 10.1 Å². The van der Waals surface area contributed by atoms with Crippen LogP contribution >= 0.6 is 11.6 Å². The second-order valence-corrected chi connectivity index (χ2v) is 4.23. The maximum atomic E-state index is 11.8. The lowest BCUT2D eigenvalue weighted by molar-refractivity contribution is -0.113. The average molecular weight is 297 g/mol. The summed E-state index contributed by atoms with van der Waals surface area (Å²) in [7, 11) is 2.81. The molecule has 2 rings (SSSR count). The molecule has 20 heavy (non-hydrogen) atoms. The fraction of sp³-hybridized carbons (Fsp3) is 0.231. The van der Waals surface area contributed by atoms with Gasteiger partial charge in [0.1, 0.15) is 17.3 Å². The number of amides is 1. The maximum Gasteiger partial charge on any atom is 0.356 e. The molecule has 0 fully saturated rings. The molecule has 7 heteroatoms. The highest BCUT2D eigenvalue weighted by molar-refractivity contribution is 6.29. The number of halogens is 1. The highest BCUT2D eigenvalue weighted by atomic mass is 35.5. The third-order valence-corrected chi connectivity index (χ3v) is 3.02. The Labute approximate surface area is 120 Å². The number of rotatable bonds is 4. The van der Waals surface area contributed by atoms with Gasteiger partial charge in [-0.1, -0.05) is 0 Å². The van der Waals surface area contributed by atoms with E-state index < -0.39 is 11.9 Å². The van der Waals surface area contributed by atoms with Crippen LogP contribution in [-0.4, -0.2) is 37.0 Å². The Morgan fingerprint density at radius 1 is 1.35 bits per heavy atom. The van der Waals surface area contributed by atoms with Crippen LogP contribution in [0, 0.1) is 0 Å². The molecule has 1 aromatic heterocycles. The number of esters is 1. The van der Waals surface area contributed by atoms with Gasteiger partial charge in [-0.2, -0.15) is 0 Å². The second kappa shape index (κ2) is 5.83. The molecule has 0 radical (unpaired) electrons. The van der Waals surface area contributed by atoms with Gasteiger partial charge in [0.05, 0.1) is 25.4 Å². The van der Waals surface area contributed by atoms with Crippen LogP contribution in [0.25, 0.3) is 10.9 Å². The molecule has 0 aliphatic heterocycles. The van der Waals surface area contributed by atoms with Crippen LogP contribution in [0.15, 0.2) is 18.2 Å². The number of alkyl halides is 1. The fourth-order valence-electron chi connectivity index (χ4n) is 1.86. The predicted octanol–water partition coefficient (Wildman–Crippen LogP) is 2.14. The molecule has 6 nitrogen and oxygen atoms in total. The summed E-state index contributed by atoms with van der Waals surface area (Å²) in [5.74, 6) is -0.562. The molecule has 0 atom stereocenters. The highest BCUT2D eigenvalue weighted by Gasteiger charge is 2.20. The number of aromatic nitrogens is 1. The standard InChI is InChI=1S/C13H13ClN2O4/c1-19-7-3-4-8-9(5-7)15-12(13(18)20-2)11(8)16-10(17)6-14/h3-5,15H,6H2,1-2H3,(H,16,17). The Morgan fingerprint density at radius 3 is 2.70 bits per heavy atom. The first kappa shape index (κ1) is 14.2. The molecule has 0 spiro atoms. The number of aromatic amines is 1. The van der Waals surface area contributed by atoms with Crippen molar-refractivity contribution >= 4 is 40.1 Å². The van der Waals surface area contributed by atoms with Crippen LogP contribution in [0.3, 0.4) is 0 Å². The molecule has 0 bridgehead atoms. The zero-order valence-corrected chi connectivity index (χ0v) is 11.7. The van der Waals surface area contributed by atoms with Gasteiger partial charge in [-0.25, -0.2) is 4.79 Å². The maximum absolute atomic E-state index is 11.8. The normalized spacial score (nSPS) is 10.3. The topological polar surface area (TPSA) is 80.4 Å². The van der Waals surface area contributed by atoms with Crippen LogP contribution in [-0.2, 0) is 9.53 Å². The van der Waals surface area contributed by atoms with Crippen molar-refractivity contribution in [2.24, 2.45) is 0 Å². The van der Waals surface area contributed by atoms with E-state index in [9.17, 15) is 9.59 Å². The minimum Gasteiger partial charge on any atom is -0.497 e. The number of anilines is 1. The molecular weight excluding hydrogens is 284 g/mol. The van der Waals surface area contributed by atoms with Gasteiger partial charge in [-0.05, 0) is 12.1 Å². The second-order valence-electron chi connectivity index (χ2n) is 3.96. The molecule has 1 aromatic carbocycles. The summed E-state index contributed by atoms with van der Waals surface area (Å²) in [6.45, 7) is 0. The predicted molar refractivity (Wildman–Crippen MR) is 75.5 cm³/mol. The quantitative estimate of drug-likeness (QED) is 0.669. The van der Waals surface area contributed by atoms with Crippen molar-refractivity contribution in [1.82, 2.24) is 4.98 Å². The molecule has 0 unspecified atom stereocenters. The van der Waals surface area contributed by atoms with E-state index in [-0.39, 0.29) is 11.6 Å². The molecule has 0 saturated carbocycles. The zero-order valence-electron chi connectivity index (χ0n) is 11.0. The first-order valence-electron chi connectivity index (χ1n) is 5.74. The van der Waals surface area contributed by atoms with Crippen LogP contribution in [0.4, 0.5) is 5.69 Å². The minimum atomic E-state index is -0.579. The molecular formula is C13H13ClN2O4. The van der Waals surface area contributed by atoms with Gasteiger partial charge in [0.25, 0.3) is 0 Å². The Bertz CT molecular complexity index is 666. The molecule has 0 aliphatic rings. The van der Waals surface area contributed by atoms with Crippen molar-refractivity contribution < 1.29 is 19.1 Å². The van der Waals surface area contributed by atoms with Crippen molar-refractivity contribution in [2.75, 3.05) is 25.4 Å². The molecule has 106 valence electrons. The van der Waals surface area contributed by atoms with Crippen molar-refractivity contribution in [1.29, 1.82) is 0 Å². The smallest absolute Gasteiger partial charge is 0.356 e. The summed E-state index contributed by atoms with van der Waals surface area (Å²) >= 11 is 5.48. The average Bonchev–Trinajstić information content (AvgIpc) is 2.83. The number of benzene rings is 1. The Balaban J connectivity index is 2.59. The highest BCUT2D eigenvalue weighted by Crippen LogP contribution is 2.31. The fourth-order valence-corrected chi connectivity index (χ4v) is 1.93. The van der Waals surface area contributed by atoms with E-state index in [2.05, 4.69) is 10.3 Å². The number of fused-ring (bicyclic) bond motifs is 1. The monoisotopic (exact) mass is 296 g/mol. The minimum absolute atomic E-state index is 0.161. The van der Waals surface area contributed by atoms with Crippen LogP contribution in [0.5, 0.6) is 5.75 Å². The summed E-state index contributed by atoms with van der Waals surface area (Å²) < 4.78 is 9.81. The number of carbonyl (C=O) groups is 2. The van der Waals surface area contributed by atoms with E-state index >= 15 is 0 Å². The van der Waals surface area contributed by atoms with Gasteiger partial charge in [-0.15, -0.1) is 11.6 Å². The third-order valence-electron chi connectivity index (χ3n) is 2.78. The lowest BCUT2D eigenvalue weighted by atomic mass is 10.2.